The Bertz CT molecular complexity index is 781. The molecule has 0 unspecified atom stereocenters. The molecule has 2 aromatic carbocycles. The van der Waals surface area contributed by atoms with Gasteiger partial charge in [0.15, 0.2) is 11.5 Å². The highest BCUT2D eigenvalue weighted by molar-refractivity contribution is 5.90. The van der Waals surface area contributed by atoms with Crippen molar-refractivity contribution < 1.29 is 19.0 Å². The maximum Gasteiger partial charge on any atom is 0.231 e. The third-order valence-electron chi connectivity index (χ3n) is 5.22. The molecule has 1 N–H and O–H groups in total. The molecule has 0 saturated heterocycles. The first-order valence-corrected chi connectivity index (χ1v) is 9.74. The molecule has 0 aromatic heterocycles. The first-order chi connectivity index (χ1) is 13.3. The van der Waals surface area contributed by atoms with E-state index in [0.29, 0.717) is 23.7 Å². The lowest BCUT2D eigenvalue weighted by Crippen LogP contribution is -2.14. The summed E-state index contributed by atoms with van der Waals surface area (Å²) in [6, 6.07) is 12.9. The van der Waals surface area contributed by atoms with Crippen molar-refractivity contribution in [3.63, 3.8) is 0 Å². The first-order valence-electron chi connectivity index (χ1n) is 9.74. The van der Waals surface area contributed by atoms with Crippen LogP contribution in [-0.4, -0.2) is 12.7 Å². The zero-order chi connectivity index (χ0) is 18.5. The molecule has 0 bridgehead atoms. The Kier molecular flexibility index (Phi) is 5.47. The second-order valence-electron chi connectivity index (χ2n) is 7.23. The minimum Gasteiger partial charge on any atom is -0.457 e. The van der Waals surface area contributed by atoms with E-state index in [-0.39, 0.29) is 12.7 Å². The SMILES string of the molecule is O=C(CCC1CCCCC1)Nc1ccc(Oc2ccc3c(c2)OCO3)cc1. The molecule has 5 heteroatoms. The Morgan fingerprint density at radius 3 is 2.52 bits per heavy atom. The van der Waals surface area contributed by atoms with Gasteiger partial charge in [0.25, 0.3) is 0 Å². The van der Waals surface area contributed by atoms with Gasteiger partial charge in [-0.2, -0.15) is 0 Å². The Morgan fingerprint density at radius 1 is 0.963 bits per heavy atom. The van der Waals surface area contributed by atoms with E-state index in [1.807, 2.05) is 42.5 Å². The minimum absolute atomic E-state index is 0.0880. The van der Waals surface area contributed by atoms with Gasteiger partial charge >= 0.3 is 0 Å². The maximum absolute atomic E-state index is 12.2. The predicted molar refractivity (Wildman–Crippen MR) is 104 cm³/mol. The van der Waals surface area contributed by atoms with Crippen LogP contribution in [0.3, 0.4) is 0 Å². The van der Waals surface area contributed by atoms with Crippen molar-refractivity contribution in [3.05, 3.63) is 42.5 Å². The first kappa shape index (κ1) is 17.7. The molecule has 5 nitrogen and oxygen atoms in total. The number of fused-ring (bicyclic) bond motifs is 1. The Labute approximate surface area is 159 Å². The van der Waals surface area contributed by atoms with Crippen molar-refractivity contribution in [3.8, 4) is 23.0 Å². The van der Waals surface area contributed by atoms with Gasteiger partial charge in [0.05, 0.1) is 0 Å². The quantitative estimate of drug-likeness (QED) is 0.732. The smallest absolute Gasteiger partial charge is 0.231 e. The number of carbonyl (C=O) groups is 1. The zero-order valence-electron chi connectivity index (χ0n) is 15.4. The number of rotatable bonds is 6. The molecule has 1 amide bonds. The number of hydrogen-bond acceptors (Lipinski definition) is 4. The molecule has 27 heavy (non-hydrogen) atoms. The number of hydrogen-bond donors (Lipinski definition) is 1. The molecule has 142 valence electrons. The van der Waals surface area contributed by atoms with Crippen LogP contribution in [0.2, 0.25) is 0 Å². The van der Waals surface area contributed by atoms with Crippen molar-refractivity contribution in [1.29, 1.82) is 0 Å². The highest BCUT2D eigenvalue weighted by Gasteiger charge is 2.15. The lowest BCUT2D eigenvalue weighted by molar-refractivity contribution is -0.116. The third kappa shape index (κ3) is 4.73. The highest BCUT2D eigenvalue weighted by Crippen LogP contribution is 2.36. The Morgan fingerprint density at radius 2 is 1.70 bits per heavy atom. The summed E-state index contributed by atoms with van der Waals surface area (Å²) in [6.07, 6.45) is 8.13. The van der Waals surface area contributed by atoms with E-state index in [0.717, 1.165) is 23.8 Å². The predicted octanol–water partition coefficient (Wildman–Crippen LogP) is 5.51. The normalized spacial score (nSPS) is 16.1. The van der Waals surface area contributed by atoms with Gasteiger partial charge in [0.2, 0.25) is 12.7 Å². The Balaban J connectivity index is 1.27. The van der Waals surface area contributed by atoms with Gasteiger partial charge in [-0.25, -0.2) is 0 Å². The average Bonchev–Trinajstić information content (AvgIpc) is 3.17. The highest BCUT2D eigenvalue weighted by atomic mass is 16.7. The molecule has 1 saturated carbocycles. The molecule has 2 aliphatic rings. The lowest BCUT2D eigenvalue weighted by Gasteiger charge is -2.21. The van der Waals surface area contributed by atoms with Crippen LogP contribution in [0.15, 0.2) is 42.5 Å². The molecule has 4 rings (SSSR count). The van der Waals surface area contributed by atoms with Crippen molar-refractivity contribution in [2.24, 2.45) is 5.92 Å². The summed E-state index contributed by atoms with van der Waals surface area (Å²) in [7, 11) is 0. The minimum atomic E-state index is 0.0880. The van der Waals surface area contributed by atoms with Gasteiger partial charge in [0.1, 0.15) is 11.5 Å². The van der Waals surface area contributed by atoms with Crippen LogP contribution in [0.4, 0.5) is 5.69 Å². The largest absolute Gasteiger partial charge is 0.457 e. The fourth-order valence-electron chi connectivity index (χ4n) is 3.72. The summed E-state index contributed by atoms with van der Waals surface area (Å²) in [5.74, 6) is 3.62. The fraction of sp³-hybridized carbons (Fsp3) is 0.409. The number of anilines is 1. The van der Waals surface area contributed by atoms with Gasteiger partial charge in [-0.15, -0.1) is 0 Å². The summed E-state index contributed by atoms with van der Waals surface area (Å²) in [6.45, 7) is 0.244. The lowest BCUT2D eigenvalue weighted by atomic mass is 9.86. The molecule has 1 heterocycles. The summed E-state index contributed by atoms with van der Waals surface area (Å²) >= 11 is 0. The average molecular weight is 367 g/mol. The molecular weight excluding hydrogens is 342 g/mol. The van der Waals surface area contributed by atoms with Crippen LogP contribution in [0.1, 0.15) is 44.9 Å². The van der Waals surface area contributed by atoms with E-state index in [2.05, 4.69) is 5.32 Å². The van der Waals surface area contributed by atoms with Gasteiger partial charge in [-0.3, -0.25) is 4.79 Å². The van der Waals surface area contributed by atoms with Crippen molar-refractivity contribution in [2.45, 2.75) is 44.9 Å². The van der Waals surface area contributed by atoms with Crippen LogP contribution < -0.4 is 19.5 Å². The number of benzene rings is 2. The second-order valence-corrected chi connectivity index (χ2v) is 7.23. The van der Waals surface area contributed by atoms with Crippen molar-refractivity contribution in [1.82, 2.24) is 0 Å². The van der Waals surface area contributed by atoms with E-state index < -0.39 is 0 Å². The van der Waals surface area contributed by atoms with Crippen molar-refractivity contribution >= 4 is 11.6 Å². The fourth-order valence-corrected chi connectivity index (χ4v) is 3.72. The summed E-state index contributed by atoms with van der Waals surface area (Å²) in [5.41, 5.74) is 0.793. The standard InChI is InChI=1S/C22H25NO4/c24-22(13-6-16-4-2-1-3-5-16)23-17-7-9-18(10-8-17)27-19-11-12-20-21(14-19)26-15-25-20/h7-12,14,16H,1-6,13,15H2,(H,23,24). The van der Waals surface area contributed by atoms with Gasteiger partial charge < -0.3 is 19.5 Å². The van der Waals surface area contributed by atoms with E-state index >= 15 is 0 Å². The molecule has 0 atom stereocenters. The van der Waals surface area contributed by atoms with E-state index in [1.54, 1.807) is 0 Å². The number of amides is 1. The van der Waals surface area contributed by atoms with Crippen LogP contribution in [0.5, 0.6) is 23.0 Å². The molecule has 2 aromatic rings. The molecule has 1 fully saturated rings. The molecule has 0 radical (unpaired) electrons. The summed E-state index contributed by atoms with van der Waals surface area (Å²) in [4.78, 5) is 12.2. The Hall–Kier alpha value is -2.69. The monoisotopic (exact) mass is 367 g/mol. The van der Waals surface area contributed by atoms with E-state index in [4.69, 9.17) is 14.2 Å². The van der Waals surface area contributed by atoms with Crippen LogP contribution >= 0.6 is 0 Å². The second kappa shape index (κ2) is 8.33. The van der Waals surface area contributed by atoms with Gasteiger partial charge in [-0.1, -0.05) is 32.1 Å². The van der Waals surface area contributed by atoms with Crippen LogP contribution in [0, 0.1) is 5.92 Å². The van der Waals surface area contributed by atoms with E-state index in [9.17, 15) is 4.79 Å². The van der Waals surface area contributed by atoms with Crippen LogP contribution in [-0.2, 0) is 4.79 Å². The van der Waals surface area contributed by atoms with E-state index in [1.165, 1.54) is 32.1 Å². The van der Waals surface area contributed by atoms with Gasteiger partial charge in [0, 0.05) is 18.2 Å². The summed E-state index contributed by atoms with van der Waals surface area (Å²) in [5, 5.41) is 2.98. The summed E-state index contributed by atoms with van der Waals surface area (Å²) < 4.78 is 16.5. The zero-order valence-corrected chi connectivity index (χ0v) is 15.4. The molecule has 1 aliphatic carbocycles. The number of ether oxygens (including phenoxy) is 3. The molecule has 0 spiro atoms. The number of carbonyl (C=O) groups excluding carboxylic acids is 1. The van der Waals surface area contributed by atoms with Gasteiger partial charge in [-0.05, 0) is 48.7 Å². The molecule has 1 aliphatic heterocycles. The maximum atomic E-state index is 12.2. The third-order valence-corrected chi connectivity index (χ3v) is 5.22. The molecular formula is C22H25NO4. The van der Waals surface area contributed by atoms with Crippen molar-refractivity contribution in [2.75, 3.05) is 12.1 Å². The van der Waals surface area contributed by atoms with Crippen LogP contribution in [0.25, 0.3) is 0 Å². The topological polar surface area (TPSA) is 56.8 Å². The number of nitrogens with one attached hydrogen (secondary N) is 1.